The van der Waals surface area contributed by atoms with Gasteiger partial charge in [0, 0.05) is 6.61 Å². The van der Waals surface area contributed by atoms with Gasteiger partial charge in [-0.15, -0.1) is 0 Å². The summed E-state index contributed by atoms with van der Waals surface area (Å²) in [5.41, 5.74) is 1.79. The highest BCUT2D eigenvalue weighted by Gasteiger charge is 2.08. The zero-order chi connectivity index (χ0) is 11.3. The summed E-state index contributed by atoms with van der Waals surface area (Å²) < 4.78 is 13.0. The summed E-state index contributed by atoms with van der Waals surface area (Å²) in [4.78, 5) is 0. The summed E-state index contributed by atoms with van der Waals surface area (Å²) in [5.74, 6) is 0.148. The zero-order valence-corrected chi connectivity index (χ0v) is 9.46. The van der Waals surface area contributed by atoms with E-state index in [1.54, 1.807) is 13.0 Å². The third-order valence-corrected chi connectivity index (χ3v) is 2.70. The molecule has 1 aromatic carbocycles. The van der Waals surface area contributed by atoms with E-state index in [0.29, 0.717) is 11.5 Å². The second kappa shape index (κ2) is 5.86. The van der Waals surface area contributed by atoms with E-state index >= 15 is 0 Å². The van der Waals surface area contributed by atoms with Crippen LogP contribution < -0.4 is 0 Å². The summed E-state index contributed by atoms with van der Waals surface area (Å²) in [6.45, 7) is 4.09. The third-order valence-electron chi connectivity index (χ3n) is 2.70. The number of aliphatic hydroxyl groups excluding tert-OH is 1. The van der Waals surface area contributed by atoms with E-state index in [1.807, 2.05) is 6.07 Å². The van der Waals surface area contributed by atoms with Gasteiger partial charge in [-0.1, -0.05) is 25.5 Å². The van der Waals surface area contributed by atoms with Gasteiger partial charge in [-0.2, -0.15) is 0 Å². The first kappa shape index (κ1) is 12.2. The Bertz CT molecular complexity index is 309. The molecule has 1 rings (SSSR count). The predicted octanol–water partition coefficient (Wildman–Crippen LogP) is 3.09. The highest BCUT2D eigenvalue weighted by atomic mass is 19.1. The molecule has 0 heterocycles. The molecule has 0 fully saturated rings. The molecule has 1 aromatic rings. The van der Waals surface area contributed by atoms with Crippen LogP contribution in [0.2, 0.25) is 0 Å². The summed E-state index contributed by atoms with van der Waals surface area (Å²) in [6.07, 6.45) is 2.93. The number of aryl methyl sites for hydroxylation is 1. The van der Waals surface area contributed by atoms with Gasteiger partial charge in [0.2, 0.25) is 0 Å². The van der Waals surface area contributed by atoms with E-state index in [9.17, 15) is 4.39 Å². The molecule has 0 saturated heterocycles. The number of hydrogen-bond acceptors (Lipinski definition) is 1. The van der Waals surface area contributed by atoms with Crippen molar-refractivity contribution in [3.63, 3.8) is 0 Å². The maximum Gasteiger partial charge on any atom is 0.126 e. The molecule has 0 spiro atoms. The molecule has 84 valence electrons. The highest BCUT2D eigenvalue weighted by Crippen LogP contribution is 2.16. The fraction of sp³-hybridized carbons (Fsp3) is 0.538. The minimum atomic E-state index is -0.158. The van der Waals surface area contributed by atoms with E-state index in [0.717, 1.165) is 24.8 Å². The SMILES string of the molecule is CCCC(CO)Cc1ccc(F)c(C)c1. The van der Waals surface area contributed by atoms with Crippen LogP contribution >= 0.6 is 0 Å². The zero-order valence-electron chi connectivity index (χ0n) is 9.46. The Balaban J connectivity index is 2.66. The van der Waals surface area contributed by atoms with Crippen molar-refractivity contribution < 1.29 is 9.50 Å². The Hall–Kier alpha value is -0.890. The lowest BCUT2D eigenvalue weighted by atomic mass is 9.95. The smallest absolute Gasteiger partial charge is 0.126 e. The van der Waals surface area contributed by atoms with E-state index < -0.39 is 0 Å². The molecule has 0 aromatic heterocycles. The quantitative estimate of drug-likeness (QED) is 0.791. The fourth-order valence-corrected chi connectivity index (χ4v) is 1.83. The van der Waals surface area contributed by atoms with Crippen molar-refractivity contribution >= 4 is 0 Å². The molecule has 1 N–H and O–H groups in total. The van der Waals surface area contributed by atoms with Gasteiger partial charge in [0.15, 0.2) is 0 Å². The molecule has 2 heteroatoms. The van der Waals surface area contributed by atoms with Crippen LogP contribution in [0.1, 0.15) is 30.9 Å². The van der Waals surface area contributed by atoms with E-state index in [1.165, 1.54) is 6.07 Å². The minimum Gasteiger partial charge on any atom is -0.396 e. The number of halogens is 1. The van der Waals surface area contributed by atoms with Crippen molar-refractivity contribution in [2.45, 2.75) is 33.1 Å². The van der Waals surface area contributed by atoms with Crippen LogP contribution in [0.3, 0.4) is 0 Å². The molecule has 0 aliphatic rings. The molecule has 1 unspecified atom stereocenters. The molecule has 0 aliphatic carbocycles. The molecule has 1 atom stereocenters. The van der Waals surface area contributed by atoms with Gasteiger partial charge in [0.1, 0.15) is 5.82 Å². The lowest BCUT2D eigenvalue weighted by molar-refractivity contribution is 0.217. The first-order chi connectivity index (χ1) is 7.17. The summed E-state index contributed by atoms with van der Waals surface area (Å²) >= 11 is 0. The number of hydrogen-bond donors (Lipinski definition) is 1. The van der Waals surface area contributed by atoms with Gasteiger partial charge in [-0.25, -0.2) is 4.39 Å². The standard InChI is InChI=1S/C13H19FO/c1-3-4-12(9-15)8-11-5-6-13(14)10(2)7-11/h5-7,12,15H,3-4,8-9H2,1-2H3. The highest BCUT2D eigenvalue weighted by molar-refractivity contribution is 5.24. The Morgan fingerprint density at radius 3 is 2.67 bits per heavy atom. The molecule has 0 amide bonds. The van der Waals surface area contributed by atoms with Crippen LogP contribution in [-0.2, 0) is 6.42 Å². The summed E-state index contributed by atoms with van der Waals surface area (Å²) in [5, 5.41) is 9.17. The number of rotatable bonds is 5. The average Bonchev–Trinajstić information content (AvgIpc) is 2.23. The molecule has 0 saturated carbocycles. The third kappa shape index (κ3) is 3.63. The van der Waals surface area contributed by atoms with Gasteiger partial charge in [-0.3, -0.25) is 0 Å². The Labute approximate surface area is 90.9 Å². The molecular weight excluding hydrogens is 191 g/mol. The fourth-order valence-electron chi connectivity index (χ4n) is 1.83. The minimum absolute atomic E-state index is 0.158. The molecule has 15 heavy (non-hydrogen) atoms. The van der Waals surface area contributed by atoms with Crippen LogP contribution in [0.25, 0.3) is 0 Å². The van der Waals surface area contributed by atoms with Crippen molar-refractivity contribution in [3.05, 3.63) is 35.1 Å². The van der Waals surface area contributed by atoms with Gasteiger partial charge in [-0.05, 0) is 42.9 Å². The van der Waals surface area contributed by atoms with E-state index in [4.69, 9.17) is 5.11 Å². The van der Waals surface area contributed by atoms with Crippen LogP contribution in [0.15, 0.2) is 18.2 Å². The maximum absolute atomic E-state index is 13.0. The molecule has 0 aliphatic heterocycles. The molecule has 0 bridgehead atoms. The monoisotopic (exact) mass is 210 g/mol. The van der Waals surface area contributed by atoms with E-state index in [-0.39, 0.29) is 12.4 Å². The molecular formula is C13H19FO. The Morgan fingerprint density at radius 2 is 2.13 bits per heavy atom. The summed E-state index contributed by atoms with van der Waals surface area (Å²) in [6, 6.07) is 5.18. The first-order valence-electron chi connectivity index (χ1n) is 5.53. The first-order valence-corrected chi connectivity index (χ1v) is 5.53. The normalized spacial score (nSPS) is 12.8. The molecule has 0 radical (unpaired) electrons. The van der Waals surface area contributed by atoms with Crippen LogP contribution in [0, 0.1) is 18.7 Å². The van der Waals surface area contributed by atoms with Gasteiger partial charge >= 0.3 is 0 Å². The van der Waals surface area contributed by atoms with Gasteiger partial charge in [0.25, 0.3) is 0 Å². The Morgan fingerprint density at radius 1 is 1.40 bits per heavy atom. The Kier molecular flexibility index (Phi) is 4.76. The largest absolute Gasteiger partial charge is 0.396 e. The second-order valence-electron chi connectivity index (χ2n) is 4.12. The van der Waals surface area contributed by atoms with Crippen molar-refractivity contribution in [1.82, 2.24) is 0 Å². The van der Waals surface area contributed by atoms with Crippen molar-refractivity contribution in [3.8, 4) is 0 Å². The van der Waals surface area contributed by atoms with E-state index in [2.05, 4.69) is 6.92 Å². The van der Waals surface area contributed by atoms with Crippen molar-refractivity contribution in [2.24, 2.45) is 5.92 Å². The number of aliphatic hydroxyl groups is 1. The van der Waals surface area contributed by atoms with Crippen LogP contribution in [-0.4, -0.2) is 11.7 Å². The van der Waals surface area contributed by atoms with Gasteiger partial charge < -0.3 is 5.11 Å². The predicted molar refractivity (Wildman–Crippen MR) is 60.3 cm³/mol. The number of benzene rings is 1. The summed E-state index contributed by atoms with van der Waals surface area (Å²) in [7, 11) is 0. The lowest BCUT2D eigenvalue weighted by Gasteiger charge is -2.13. The lowest BCUT2D eigenvalue weighted by Crippen LogP contribution is -2.09. The molecule has 1 nitrogen and oxygen atoms in total. The van der Waals surface area contributed by atoms with Crippen molar-refractivity contribution in [2.75, 3.05) is 6.61 Å². The van der Waals surface area contributed by atoms with Crippen LogP contribution in [0.4, 0.5) is 4.39 Å². The maximum atomic E-state index is 13.0. The van der Waals surface area contributed by atoms with Gasteiger partial charge in [0.05, 0.1) is 0 Å². The average molecular weight is 210 g/mol. The topological polar surface area (TPSA) is 20.2 Å². The van der Waals surface area contributed by atoms with Crippen LogP contribution in [0.5, 0.6) is 0 Å². The van der Waals surface area contributed by atoms with Crippen molar-refractivity contribution in [1.29, 1.82) is 0 Å². The second-order valence-corrected chi connectivity index (χ2v) is 4.12.